The minimum absolute atomic E-state index is 0.00361. The number of hydrogen-bond donors (Lipinski definition) is 2. The second kappa shape index (κ2) is 13.0. The fourth-order valence-corrected chi connectivity index (χ4v) is 5.30. The van der Waals surface area contributed by atoms with Crippen molar-refractivity contribution in [2.45, 2.75) is 19.6 Å². The molecule has 1 fully saturated rings. The number of benzene rings is 2. The molecule has 2 aromatic heterocycles. The molecule has 1 saturated heterocycles. The van der Waals surface area contributed by atoms with Gasteiger partial charge in [-0.15, -0.1) is 11.3 Å². The highest BCUT2D eigenvalue weighted by molar-refractivity contribution is 7.12. The molecule has 1 aliphatic rings. The van der Waals surface area contributed by atoms with Crippen molar-refractivity contribution in [3.63, 3.8) is 0 Å². The minimum Gasteiger partial charge on any atom is -0.478 e. The molecule has 0 radical (unpaired) electrons. The molecule has 2 aromatic carbocycles. The van der Waals surface area contributed by atoms with Crippen LogP contribution in [0.2, 0.25) is 0 Å². The van der Waals surface area contributed by atoms with E-state index in [2.05, 4.69) is 14.9 Å². The average molecular weight is 620 g/mol. The number of carbonyl (C=O) groups is 2. The van der Waals surface area contributed by atoms with Crippen LogP contribution in [-0.4, -0.2) is 62.9 Å². The van der Waals surface area contributed by atoms with E-state index in [1.54, 1.807) is 25.1 Å². The number of aryl methyl sites for hydroxylation is 1. The smallest absolute Gasteiger partial charge is 0.425 e. The van der Waals surface area contributed by atoms with Crippen molar-refractivity contribution in [3.8, 4) is 0 Å². The summed E-state index contributed by atoms with van der Waals surface area (Å²) in [6.07, 6.45) is -2.02. The second-order valence-corrected chi connectivity index (χ2v) is 10.6. The van der Waals surface area contributed by atoms with Gasteiger partial charge in [-0.05, 0) is 61.0 Å². The maximum Gasteiger partial charge on any atom is 0.425 e. The Kier molecular flexibility index (Phi) is 9.43. The number of aromatic nitrogens is 3. The molecule has 1 aliphatic heterocycles. The minimum atomic E-state index is -4.35. The Morgan fingerprint density at radius 2 is 1.56 bits per heavy atom. The molecule has 0 saturated carbocycles. The van der Waals surface area contributed by atoms with Crippen LogP contribution in [0.15, 0.2) is 66.0 Å². The molecule has 0 bridgehead atoms. The lowest BCUT2D eigenvalue weighted by Crippen LogP contribution is -2.47. The summed E-state index contributed by atoms with van der Waals surface area (Å²) >= 11 is 0.603. The Balaban J connectivity index is 0.000000215. The zero-order valence-electron chi connectivity index (χ0n) is 22.6. The lowest BCUT2D eigenvalue weighted by atomic mass is 10.0. The molecule has 226 valence electrons. The van der Waals surface area contributed by atoms with E-state index in [4.69, 9.17) is 0 Å². The Morgan fingerprint density at radius 3 is 2.12 bits per heavy atom. The summed E-state index contributed by atoms with van der Waals surface area (Å²) in [5.74, 6) is -2.58. The Morgan fingerprint density at radius 1 is 0.930 bits per heavy atom. The summed E-state index contributed by atoms with van der Waals surface area (Å²) in [7, 11) is 0. The van der Waals surface area contributed by atoms with E-state index in [0.29, 0.717) is 53.6 Å². The maximum atomic E-state index is 13.1. The normalized spacial score (nSPS) is 13.3. The van der Waals surface area contributed by atoms with Crippen molar-refractivity contribution in [1.29, 1.82) is 0 Å². The van der Waals surface area contributed by atoms with Crippen LogP contribution in [0.4, 0.5) is 28.9 Å². The fraction of sp³-hybridized carbons (Fsp3) is 0.250. The van der Waals surface area contributed by atoms with Gasteiger partial charge in [-0.25, -0.2) is 23.8 Å². The van der Waals surface area contributed by atoms with E-state index in [1.165, 1.54) is 30.6 Å². The molecular weight excluding hydrogens is 594 g/mol. The van der Waals surface area contributed by atoms with Gasteiger partial charge in [-0.2, -0.15) is 18.2 Å². The molecule has 4 aromatic rings. The molecule has 0 unspecified atom stereocenters. The maximum absolute atomic E-state index is 13.1. The topological polar surface area (TPSA) is 129 Å². The number of aromatic carboxylic acids is 2. The Bertz CT molecular complexity index is 1670. The van der Waals surface area contributed by atoms with Gasteiger partial charge in [-0.1, -0.05) is 0 Å². The SMILES string of the molecule is Cc1cc(N2CCN(c3ccc(F)cc3)CC2)c(C(=O)O)cc1C(=O)O.O=c1ncncn1Cc1ccc(C(F)(F)F)s1. The summed E-state index contributed by atoms with van der Waals surface area (Å²) in [5.41, 5.74) is 1.42. The lowest BCUT2D eigenvalue weighted by molar-refractivity contribution is -0.134. The molecule has 43 heavy (non-hydrogen) atoms. The number of carboxylic acid groups (broad SMARTS) is 2. The largest absolute Gasteiger partial charge is 0.478 e. The van der Waals surface area contributed by atoms with Gasteiger partial charge in [0.2, 0.25) is 0 Å². The van der Waals surface area contributed by atoms with Gasteiger partial charge in [0.05, 0.1) is 23.4 Å². The number of piperazine rings is 1. The molecule has 2 N–H and O–H groups in total. The molecule has 0 amide bonds. The monoisotopic (exact) mass is 619 g/mol. The summed E-state index contributed by atoms with van der Waals surface area (Å²) in [6.45, 7) is 4.19. The molecule has 0 aliphatic carbocycles. The van der Waals surface area contributed by atoms with Crippen molar-refractivity contribution in [2.75, 3.05) is 36.0 Å². The van der Waals surface area contributed by atoms with E-state index >= 15 is 0 Å². The van der Waals surface area contributed by atoms with Crippen LogP contribution in [0.3, 0.4) is 0 Å². The first-order valence-electron chi connectivity index (χ1n) is 12.7. The van der Waals surface area contributed by atoms with Gasteiger partial charge >= 0.3 is 23.8 Å². The van der Waals surface area contributed by atoms with Crippen molar-refractivity contribution in [3.05, 3.63) is 104 Å². The summed E-state index contributed by atoms with van der Waals surface area (Å²) in [4.78, 5) is 44.9. The van der Waals surface area contributed by atoms with Crippen LogP contribution in [0.25, 0.3) is 0 Å². The number of halogens is 4. The van der Waals surface area contributed by atoms with Crippen LogP contribution in [-0.2, 0) is 12.7 Å². The predicted octanol–water partition coefficient (Wildman–Crippen LogP) is 4.62. The molecule has 0 spiro atoms. The first-order chi connectivity index (χ1) is 20.3. The van der Waals surface area contributed by atoms with Crippen molar-refractivity contribution < 1.29 is 37.4 Å². The summed E-state index contributed by atoms with van der Waals surface area (Å²) < 4.78 is 51.2. The van der Waals surface area contributed by atoms with Gasteiger partial charge in [0, 0.05) is 36.7 Å². The van der Waals surface area contributed by atoms with Crippen LogP contribution in [0.5, 0.6) is 0 Å². The van der Waals surface area contributed by atoms with Crippen LogP contribution in [0, 0.1) is 12.7 Å². The number of thiophene rings is 1. The van der Waals surface area contributed by atoms with Crippen LogP contribution in [0.1, 0.15) is 36.0 Å². The van der Waals surface area contributed by atoms with E-state index in [0.717, 1.165) is 22.6 Å². The van der Waals surface area contributed by atoms with Crippen LogP contribution >= 0.6 is 11.3 Å². The first-order valence-corrected chi connectivity index (χ1v) is 13.5. The third-order valence-electron chi connectivity index (χ3n) is 6.57. The molecule has 10 nitrogen and oxygen atoms in total. The van der Waals surface area contributed by atoms with E-state index < -0.39 is 28.7 Å². The van der Waals surface area contributed by atoms with Gasteiger partial charge < -0.3 is 20.0 Å². The van der Waals surface area contributed by atoms with Gasteiger partial charge in [0.15, 0.2) is 0 Å². The number of anilines is 2. The number of alkyl halides is 3. The standard InChI is InChI=1S/C19H19FN2O4.C9H6F3N3OS/c1-12-10-17(16(19(25)26)11-15(12)18(23)24)22-8-6-21(7-9-22)14-4-2-13(20)3-5-14;10-9(11,12)7-2-1-6(17-7)3-15-5-13-4-14-8(15)16/h2-5,10-11H,6-9H2,1H3,(H,23,24)(H,25,26);1-2,4-5H,3H2. The quantitative estimate of drug-likeness (QED) is 0.297. The van der Waals surface area contributed by atoms with Crippen molar-refractivity contribution >= 4 is 34.7 Å². The first kappa shape index (κ1) is 31.2. The van der Waals surface area contributed by atoms with Crippen LogP contribution < -0.4 is 15.5 Å². The van der Waals surface area contributed by atoms with E-state index in [9.17, 15) is 42.2 Å². The summed E-state index contributed by atoms with van der Waals surface area (Å²) in [5, 5.41) is 18.7. The predicted molar refractivity (Wildman–Crippen MR) is 151 cm³/mol. The number of carboxylic acids is 2. The van der Waals surface area contributed by atoms with Crippen molar-refractivity contribution in [2.24, 2.45) is 0 Å². The molecule has 15 heteroatoms. The molecule has 0 atom stereocenters. The lowest BCUT2D eigenvalue weighted by Gasteiger charge is -2.38. The zero-order valence-corrected chi connectivity index (χ0v) is 23.4. The van der Waals surface area contributed by atoms with Gasteiger partial charge in [0.1, 0.15) is 23.3 Å². The Hall–Kier alpha value is -4.79. The van der Waals surface area contributed by atoms with E-state index in [1.807, 2.05) is 4.90 Å². The molecule has 5 rings (SSSR count). The highest BCUT2D eigenvalue weighted by Gasteiger charge is 2.32. The van der Waals surface area contributed by atoms with Crippen molar-refractivity contribution in [1.82, 2.24) is 14.5 Å². The average Bonchev–Trinajstić information content (AvgIpc) is 3.44. The number of nitrogens with zero attached hydrogens (tertiary/aromatic N) is 5. The highest BCUT2D eigenvalue weighted by Crippen LogP contribution is 2.34. The van der Waals surface area contributed by atoms with Gasteiger partial charge in [0.25, 0.3) is 0 Å². The second-order valence-electron chi connectivity index (χ2n) is 9.43. The molecule has 3 heterocycles. The number of hydrogen-bond acceptors (Lipinski definition) is 8. The third-order valence-corrected chi connectivity index (χ3v) is 7.68. The Labute approximate surface area is 246 Å². The zero-order chi connectivity index (χ0) is 31.3. The van der Waals surface area contributed by atoms with E-state index in [-0.39, 0.29) is 23.5 Å². The number of rotatable bonds is 6. The van der Waals surface area contributed by atoms with Gasteiger partial charge in [-0.3, -0.25) is 4.57 Å². The third kappa shape index (κ3) is 7.74. The highest BCUT2D eigenvalue weighted by atomic mass is 32.1. The fourth-order valence-electron chi connectivity index (χ4n) is 4.42. The summed E-state index contributed by atoms with van der Waals surface area (Å²) in [6, 6.07) is 11.5. The molecular formula is C28H25F4N5O5S.